The molecule has 0 heterocycles. The second kappa shape index (κ2) is 5.79. The van der Waals surface area contributed by atoms with E-state index >= 15 is 0 Å². The zero-order chi connectivity index (χ0) is 16.4. The van der Waals surface area contributed by atoms with E-state index in [-0.39, 0.29) is 0 Å². The Morgan fingerprint density at radius 3 is 1.96 bits per heavy atom. The van der Waals surface area contributed by atoms with Gasteiger partial charge in [-0.2, -0.15) is 0 Å². The van der Waals surface area contributed by atoms with Crippen molar-refractivity contribution >= 4 is 23.2 Å². The average Bonchev–Trinajstić information content (AvgIpc) is 3.34. The second-order valence-electron chi connectivity index (χ2n) is 5.45. The van der Waals surface area contributed by atoms with Gasteiger partial charge in [-0.15, -0.1) is 0 Å². The first-order valence-corrected chi connectivity index (χ1v) is 7.15. The molecule has 4 nitrogen and oxygen atoms in total. The van der Waals surface area contributed by atoms with E-state index in [0.717, 1.165) is 12.1 Å². The first-order valence-electron chi connectivity index (χ1n) is 7.15. The molecule has 0 radical (unpaired) electrons. The number of halogens is 2. The van der Waals surface area contributed by atoms with Crippen molar-refractivity contribution in [1.29, 1.82) is 0 Å². The number of benzene rings is 2. The van der Waals surface area contributed by atoms with Crippen LogP contribution in [-0.2, 0) is 9.59 Å². The first-order chi connectivity index (χ1) is 11.0. The van der Waals surface area contributed by atoms with Gasteiger partial charge in [-0.1, -0.05) is 24.3 Å². The van der Waals surface area contributed by atoms with E-state index in [1.54, 1.807) is 30.3 Å². The topological polar surface area (TPSA) is 58.2 Å². The molecule has 2 aromatic rings. The fourth-order valence-electron chi connectivity index (χ4n) is 2.30. The number of rotatable bonds is 4. The van der Waals surface area contributed by atoms with Crippen LogP contribution >= 0.6 is 0 Å². The van der Waals surface area contributed by atoms with Crippen molar-refractivity contribution in [3.63, 3.8) is 0 Å². The van der Waals surface area contributed by atoms with Crippen molar-refractivity contribution in [1.82, 2.24) is 0 Å². The van der Waals surface area contributed by atoms with Crippen LogP contribution < -0.4 is 10.6 Å². The fraction of sp³-hybridized carbons (Fsp3) is 0.176. The third-order valence-electron chi connectivity index (χ3n) is 3.85. The average molecular weight is 316 g/mol. The van der Waals surface area contributed by atoms with Crippen molar-refractivity contribution in [2.24, 2.45) is 5.41 Å². The van der Waals surface area contributed by atoms with Crippen molar-refractivity contribution in [3.8, 4) is 0 Å². The van der Waals surface area contributed by atoms with Crippen molar-refractivity contribution in [2.75, 3.05) is 10.6 Å². The van der Waals surface area contributed by atoms with Gasteiger partial charge in [0, 0.05) is 5.69 Å². The Labute approximate surface area is 131 Å². The number of amides is 2. The van der Waals surface area contributed by atoms with Gasteiger partial charge in [0.1, 0.15) is 22.7 Å². The first kappa shape index (κ1) is 15.1. The highest BCUT2D eigenvalue weighted by molar-refractivity contribution is 6.16. The lowest BCUT2D eigenvalue weighted by molar-refractivity contribution is -0.131. The lowest BCUT2D eigenvalue weighted by atomic mass is 10.0. The lowest BCUT2D eigenvalue weighted by Gasteiger charge is -2.16. The van der Waals surface area contributed by atoms with Crippen molar-refractivity contribution < 1.29 is 18.4 Å². The third-order valence-corrected chi connectivity index (χ3v) is 3.85. The van der Waals surface area contributed by atoms with Crippen LogP contribution in [0.25, 0.3) is 0 Å². The Morgan fingerprint density at radius 2 is 1.39 bits per heavy atom. The van der Waals surface area contributed by atoms with Crippen LogP contribution in [0.2, 0.25) is 0 Å². The Bertz CT molecular complexity index is 738. The maximum absolute atomic E-state index is 13.6. The molecule has 2 N–H and O–H groups in total. The zero-order valence-electron chi connectivity index (χ0n) is 12.1. The van der Waals surface area contributed by atoms with Gasteiger partial charge in [-0.3, -0.25) is 9.59 Å². The van der Waals surface area contributed by atoms with Crippen LogP contribution in [0.1, 0.15) is 12.8 Å². The van der Waals surface area contributed by atoms with E-state index in [4.69, 9.17) is 0 Å². The molecule has 0 unspecified atom stereocenters. The molecule has 0 aliphatic heterocycles. The molecule has 0 bridgehead atoms. The number of carbonyl (C=O) groups is 2. The van der Waals surface area contributed by atoms with Crippen LogP contribution in [0.15, 0.2) is 48.5 Å². The summed E-state index contributed by atoms with van der Waals surface area (Å²) in [5.74, 6) is -2.93. The standard InChI is InChI=1S/C17H14F2N2O2/c18-12-7-4-8-13(19)14(12)21-16(23)17(9-10-17)15(22)20-11-5-2-1-3-6-11/h1-8H,9-10H2,(H,20,22)(H,21,23). The third kappa shape index (κ3) is 2.92. The lowest BCUT2D eigenvalue weighted by Crippen LogP contribution is -2.36. The maximum atomic E-state index is 13.6. The molecule has 118 valence electrons. The number of para-hydroxylation sites is 2. The molecule has 23 heavy (non-hydrogen) atoms. The molecular formula is C17H14F2N2O2. The van der Waals surface area contributed by atoms with Gasteiger partial charge in [0.2, 0.25) is 11.8 Å². The number of hydrogen-bond donors (Lipinski definition) is 2. The summed E-state index contributed by atoms with van der Waals surface area (Å²) in [6.07, 6.45) is 0.682. The summed E-state index contributed by atoms with van der Waals surface area (Å²) < 4.78 is 27.2. The van der Waals surface area contributed by atoms with E-state index in [2.05, 4.69) is 10.6 Å². The number of anilines is 2. The number of nitrogens with one attached hydrogen (secondary N) is 2. The van der Waals surface area contributed by atoms with Gasteiger partial charge in [-0.25, -0.2) is 8.78 Å². The van der Waals surface area contributed by atoms with Gasteiger partial charge >= 0.3 is 0 Å². The van der Waals surface area contributed by atoms with E-state index < -0.39 is 34.6 Å². The van der Waals surface area contributed by atoms with Crippen molar-refractivity contribution in [3.05, 3.63) is 60.2 Å². The van der Waals surface area contributed by atoms with Gasteiger partial charge in [0.25, 0.3) is 0 Å². The SMILES string of the molecule is O=C(Nc1ccccc1)C1(C(=O)Nc2c(F)cccc2F)CC1. The molecule has 3 rings (SSSR count). The number of carbonyl (C=O) groups excluding carboxylic acids is 2. The second-order valence-corrected chi connectivity index (χ2v) is 5.45. The summed E-state index contributed by atoms with van der Waals surface area (Å²) in [6.45, 7) is 0. The predicted molar refractivity (Wildman–Crippen MR) is 81.7 cm³/mol. The van der Waals surface area contributed by atoms with Crippen molar-refractivity contribution in [2.45, 2.75) is 12.8 Å². The molecule has 1 saturated carbocycles. The minimum Gasteiger partial charge on any atom is -0.325 e. The molecule has 0 spiro atoms. The van der Waals surface area contributed by atoms with Crippen LogP contribution in [0, 0.1) is 17.0 Å². The van der Waals surface area contributed by atoms with E-state index in [1.165, 1.54) is 6.07 Å². The number of hydrogen-bond acceptors (Lipinski definition) is 2. The highest BCUT2D eigenvalue weighted by atomic mass is 19.1. The summed E-state index contributed by atoms with van der Waals surface area (Å²) in [6, 6.07) is 12.0. The summed E-state index contributed by atoms with van der Waals surface area (Å²) >= 11 is 0. The van der Waals surface area contributed by atoms with E-state index in [9.17, 15) is 18.4 Å². The molecule has 6 heteroatoms. The van der Waals surface area contributed by atoms with Crippen LogP contribution in [0.5, 0.6) is 0 Å². The smallest absolute Gasteiger partial charge is 0.240 e. The Balaban J connectivity index is 1.75. The molecule has 2 amide bonds. The van der Waals surface area contributed by atoms with Crippen LogP contribution in [0.3, 0.4) is 0 Å². The predicted octanol–water partition coefficient (Wildman–Crippen LogP) is 3.32. The van der Waals surface area contributed by atoms with Crippen LogP contribution in [-0.4, -0.2) is 11.8 Å². The molecule has 1 fully saturated rings. The van der Waals surface area contributed by atoms with E-state index in [0.29, 0.717) is 18.5 Å². The Kier molecular flexibility index (Phi) is 3.82. The molecule has 0 saturated heterocycles. The molecule has 0 atom stereocenters. The van der Waals surface area contributed by atoms with Gasteiger partial charge in [0.05, 0.1) is 0 Å². The van der Waals surface area contributed by atoms with Gasteiger partial charge < -0.3 is 10.6 Å². The summed E-state index contributed by atoms with van der Waals surface area (Å²) in [4.78, 5) is 24.7. The molecule has 0 aromatic heterocycles. The summed E-state index contributed by atoms with van der Waals surface area (Å²) in [7, 11) is 0. The summed E-state index contributed by atoms with van der Waals surface area (Å²) in [5, 5.41) is 4.85. The van der Waals surface area contributed by atoms with Gasteiger partial charge in [-0.05, 0) is 37.1 Å². The Morgan fingerprint density at radius 1 is 0.826 bits per heavy atom. The van der Waals surface area contributed by atoms with E-state index in [1.807, 2.05) is 0 Å². The van der Waals surface area contributed by atoms with Crippen LogP contribution in [0.4, 0.5) is 20.2 Å². The molecule has 1 aliphatic rings. The monoisotopic (exact) mass is 316 g/mol. The van der Waals surface area contributed by atoms with Gasteiger partial charge in [0.15, 0.2) is 0 Å². The highest BCUT2D eigenvalue weighted by Crippen LogP contribution is 2.47. The minimum absolute atomic E-state index is 0.341. The zero-order valence-corrected chi connectivity index (χ0v) is 12.1. The quantitative estimate of drug-likeness (QED) is 0.850. The normalized spacial score (nSPS) is 14.9. The largest absolute Gasteiger partial charge is 0.325 e. The maximum Gasteiger partial charge on any atom is 0.240 e. The fourth-order valence-corrected chi connectivity index (χ4v) is 2.30. The Hall–Kier alpha value is -2.76. The molecule has 1 aliphatic carbocycles. The minimum atomic E-state index is -1.27. The highest BCUT2D eigenvalue weighted by Gasteiger charge is 2.56. The molecule has 2 aromatic carbocycles. The molecular weight excluding hydrogens is 302 g/mol. The summed E-state index contributed by atoms with van der Waals surface area (Å²) in [5.41, 5.74) is -1.24.